The second-order valence-corrected chi connectivity index (χ2v) is 4.25. The molecule has 14 heavy (non-hydrogen) atoms. The zero-order valence-corrected chi connectivity index (χ0v) is 10.1. The standard InChI is InChI=1S/C9H12BrN3.ClH/c10-7-1-2-9(12-5-7)13-4-3-8(11)6-13;/h1-2,5,8H,3-4,6,11H2;1H/t8-;/m1./s1. The van der Waals surface area contributed by atoms with Crippen LogP contribution < -0.4 is 10.6 Å². The van der Waals surface area contributed by atoms with Crippen LogP contribution in [0, 0.1) is 0 Å². The van der Waals surface area contributed by atoms with Crippen molar-refractivity contribution in [3.63, 3.8) is 0 Å². The van der Waals surface area contributed by atoms with Gasteiger partial charge in [-0.3, -0.25) is 0 Å². The summed E-state index contributed by atoms with van der Waals surface area (Å²) in [6.07, 6.45) is 2.89. The summed E-state index contributed by atoms with van der Waals surface area (Å²) < 4.78 is 1.01. The van der Waals surface area contributed by atoms with Crippen LogP contribution in [0.3, 0.4) is 0 Å². The summed E-state index contributed by atoms with van der Waals surface area (Å²) in [7, 11) is 0. The van der Waals surface area contributed by atoms with Crippen LogP contribution in [0.25, 0.3) is 0 Å². The summed E-state index contributed by atoms with van der Waals surface area (Å²) >= 11 is 3.36. The van der Waals surface area contributed by atoms with Crippen LogP contribution in [0.1, 0.15) is 6.42 Å². The predicted molar refractivity (Wildman–Crippen MR) is 64.0 cm³/mol. The smallest absolute Gasteiger partial charge is 0.128 e. The summed E-state index contributed by atoms with van der Waals surface area (Å²) in [6, 6.07) is 4.33. The largest absolute Gasteiger partial charge is 0.355 e. The van der Waals surface area contributed by atoms with Gasteiger partial charge < -0.3 is 10.6 Å². The van der Waals surface area contributed by atoms with Crippen LogP contribution in [-0.4, -0.2) is 24.1 Å². The molecule has 1 atom stereocenters. The van der Waals surface area contributed by atoms with Gasteiger partial charge in [0.15, 0.2) is 0 Å². The Morgan fingerprint density at radius 3 is 2.79 bits per heavy atom. The third-order valence-electron chi connectivity index (χ3n) is 2.26. The summed E-state index contributed by atoms with van der Waals surface area (Å²) in [5.41, 5.74) is 5.81. The maximum Gasteiger partial charge on any atom is 0.128 e. The molecule has 1 aliphatic rings. The normalized spacial score (nSPS) is 20.7. The minimum Gasteiger partial charge on any atom is -0.355 e. The third-order valence-corrected chi connectivity index (χ3v) is 2.73. The molecule has 0 bridgehead atoms. The minimum atomic E-state index is 0. The van der Waals surface area contributed by atoms with Crippen LogP contribution in [0.5, 0.6) is 0 Å². The Bertz CT molecular complexity index is 291. The van der Waals surface area contributed by atoms with E-state index in [0.29, 0.717) is 6.04 Å². The molecule has 1 aliphatic heterocycles. The zero-order valence-electron chi connectivity index (χ0n) is 7.69. The number of pyridine rings is 1. The van der Waals surface area contributed by atoms with Crippen LogP contribution >= 0.6 is 28.3 Å². The van der Waals surface area contributed by atoms with E-state index in [1.54, 1.807) is 0 Å². The monoisotopic (exact) mass is 277 g/mol. The first-order chi connectivity index (χ1) is 6.25. The average Bonchev–Trinajstić information content (AvgIpc) is 2.53. The summed E-state index contributed by atoms with van der Waals surface area (Å²) in [5.74, 6) is 1.02. The van der Waals surface area contributed by atoms with E-state index in [4.69, 9.17) is 5.73 Å². The maximum atomic E-state index is 5.81. The van der Waals surface area contributed by atoms with Crippen molar-refractivity contribution in [2.75, 3.05) is 18.0 Å². The number of aromatic nitrogens is 1. The van der Waals surface area contributed by atoms with Gasteiger partial charge in [-0.05, 0) is 34.5 Å². The van der Waals surface area contributed by atoms with Crippen molar-refractivity contribution in [1.29, 1.82) is 0 Å². The molecule has 0 aromatic carbocycles. The van der Waals surface area contributed by atoms with E-state index in [1.807, 2.05) is 18.3 Å². The summed E-state index contributed by atoms with van der Waals surface area (Å²) in [4.78, 5) is 6.54. The van der Waals surface area contributed by atoms with Crippen LogP contribution in [0.2, 0.25) is 0 Å². The SMILES string of the molecule is Cl.N[C@@H]1CCN(c2ccc(Br)cn2)C1. The molecule has 2 heterocycles. The number of rotatable bonds is 1. The van der Waals surface area contributed by atoms with Crippen molar-refractivity contribution in [3.8, 4) is 0 Å². The lowest BCUT2D eigenvalue weighted by molar-refractivity contribution is 0.751. The lowest BCUT2D eigenvalue weighted by Crippen LogP contribution is -2.26. The molecule has 2 rings (SSSR count). The molecule has 0 radical (unpaired) electrons. The van der Waals surface area contributed by atoms with E-state index >= 15 is 0 Å². The summed E-state index contributed by atoms with van der Waals surface area (Å²) in [6.45, 7) is 1.95. The highest BCUT2D eigenvalue weighted by Crippen LogP contribution is 2.18. The Labute approximate surface area is 98.2 Å². The van der Waals surface area contributed by atoms with Crippen LogP contribution in [-0.2, 0) is 0 Å². The van der Waals surface area contributed by atoms with Crippen molar-refractivity contribution in [2.24, 2.45) is 5.73 Å². The molecule has 78 valence electrons. The first-order valence-corrected chi connectivity index (χ1v) is 5.17. The highest BCUT2D eigenvalue weighted by atomic mass is 79.9. The van der Waals surface area contributed by atoms with Crippen molar-refractivity contribution in [1.82, 2.24) is 4.98 Å². The Kier molecular flexibility index (Phi) is 4.16. The van der Waals surface area contributed by atoms with Gasteiger partial charge in [0.05, 0.1) is 0 Å². The van der Waals surface area contributed by atoms with E-state index in [1.165, 1.54) is 0 Å². The fraction of sp³-hybridized carbons (Fsp3) is 0.444. The molecule has 1 aromatic rings. The van der Waals surface area contributed by atoms with Gasteiger partial charge in [0.25, 0.3) is 0 Å². The molecule has 1 saturated heterocycles. The molecule has 1 aromatic heterocycles. The van der Waals surface area contributed by atoms with E-state index in [2.05, 4.69) is 25.8 Å². The highest BCUT2D eigenvalue weighted by molar-refractivity contribution is 9.10. The van der Waals surface area contributed by atoms with Crippen molar-refractivity contribution in [3.05, 3.63) is 22.8 Å². The fourth-order valence-electron chi connectivity index (χ4n) is 1.55. The topological polar surface area (TPSA) is 42.1 Å². The highest BCUT2D eigenvalue weighted by Gasteiger charge is 2.19. The van der Waals surface area contributed by atoms with Gasteiger partial charge in [-0.2, -0.15) is 0 Å². The van der Waals surface area contributed by atoms with Gasteiger partial charge in [0.2, 0.25) is 0 Å². The molecule has 0 aliphatic carbocycles. The minimum absolute atomic E-state index is 0. The predicted octanol–water partition coefficient (Wildman–Crippen LogP) is 1.80. The molecule has 2 N–H and O–H groups in total. The van der Waals surface area contributed by atoms with E-state index in [9.17, 15) is 0 Å². The Balaban J connectivity index is 0.000000980. The first kappa shape index (κ1) is 11.8. The van der Waals surface area contributed by atoms with Crippen molar-refractivity contribution in [2.45, 2.75) is 12.5 Å². The fourth-order valence-corrected chi connectivity index (χ4v) is 1.79. The molecular weight excluding hydrogens is 265 g/mol. The zero-order chi connectivity index (χ0) is 9.26. The summed E-state index contributed by atoms with van der Waals surface area (Å²) in [5, 5.41) is 0. The molecule has 1 fully saturated rings. The van der Waals surface area contributed by atoms with Crippen LogP contribution in [0.15, 0.2) is 22.8 Å². The van der Waals surface area contributed by atoms with Crippen LogP contribution in [0.4, 0.5) is 5.82 Å². The van der Waals surface area contributed by atoms with Gasteiger partial charge in [0, 0.05) is 29.8 Å². The maximum absolute atomic E-state index is 5.81. The van der Waals surface area contributed by atoms with Gasteiger partial charge in [-0.15, -0.1) is 12.4 Å². The number of hydrogen-bond acceptors (Lipinski definition) is 3. The Morgan fingerprint density at radius 1 is 1.50 bits per heavy atom. The van der Waals surface area contributed by atoms with Gasteiger partial charge in [0.1, 0.15) is 5.82 Å². The van der Waals surface area contributed by atoms with E-state index in [0.717, 1.165) is 29.8 Å². The number of nitrogens with two attached hydrogens (primary N) is 1. The molecule has 0 spiro atoms. The first-order valence-electron chi connectivity index (χ1n) is 4.38. The lowest BCUT2D eigenvalue weighted by Gasteiger charge is -2.16. The lowest BCUT2D eigenvalue weighted by atomic mass is 10.3. The van der Waals surface area contributed by atoms with Gasteiger partial charge in [-0.1, -0.05) is 0 Å². The van der Waals surface area contributed by atoms with E-state index < -0.39 is 0 Å². The molecular formula is C9H13BrClN3. The van der Waals surface area contributed by atoms with Crippen molar-refractivity contribution >= 4 is 34.2 Å². The average molecular weight is 279 g/mol. The molecule has 0 unspecified atom stereocenters. The third kappa shape index (κ3) is 2.59. The number of nitrogens with zero attached hydrogens (tertiary/aromatic N) is 2. The second-order valence-electron chi connectivity index (χ2n) is 3.33. The molecule has 3 nitrogen and oxygen atoms in total. The molecule has 0 amide bonds. The molecule has 0 saturated carbocycles. The number of hydrogen-bond donors (Lipinski definition) is 1. The van der Waals surface area contributed by atoms with Gasteiger partial charge >= 0.3 is 0 Å². The Hall–Kier alpha value is -0.320. The second kappa shape index (κ2) is 4.96. The quantitative estimate of drug-likeness (QED) is 0.852. The van der Waals surface area contributed by atoms with Gasteiger partial charge in [-0.25, -0.2) is 4.98 Å². The number of halogens is 2. The number of anilines is 1. The molecule has 5 heteroatoms. The van der Waals surface area contributed by atoms with E-state index in [-0.39, 0.29) is 12.4 Å². The van der Waals surface area contributed by atoms with Crippen molar-refractivity contribution < 1.29 is 0 Å². The Morgan fingerprint density at radius 2 is 2.29 bits per heavy atom.